The van der Waals surface area contributed by atoms with Gasteiger partial charge in [-0.3, -0.25) is 0 Å². The van der Waals surface area contributed by atoms with Crippen LogP contribution in [0.3, 0.4) is 0 Å². The molecule has 0 aromatic rings. The molecule has 0 unspecified atom stereocenters. The van der Waals surface area contributed by atoms with Gasteiger partial charge in [-0.05, 0) is 0 Å². The second-order valence-electron chi connectivity index (χ2n) is 0.829. The van der Waals surface area contributed by atoms with E-state index in [-0.39, 0.29) is 7.32 Å². The molecule has 0 radical (unpaired) electrons. The zero-order valence-corrected chi connectivity index (χ0v) is 2.25. The third-order valence-corrected chi connectivity index (χ3v) is 0.516. The first-order valence-electron chi connectivity index (χ1n) is 1.25. The van der Waals surface area contributed by atoms with E-state index in [0.29, 0.717) is 0 Å². The van der Waals surface area contributed by atoms with Crippen molar-refractivity contribution in [3.63, 3.8) is 0 Å². The highest BCUT2D eigenvalue weighted by Crippen LogP contribution is 2.25. The second kappa shape index (κ2) is 0.416. The van der Waals surface area contributed by atoms with E-state index in [0.717, 1.165) is 5.39 Å². The number of hydrogen-bond donors (Lipinski definition) is 0. The molecule has 0 aliphatic carbocycles. The minimum atomic E-state index is -0.366. The predicted molar refractivity (Wildman–Crippen MR) is 10.8 cm³/mol. The molecule has 26 valence electrons. The van der Waals surface area contributed by atoms with Crippen LogP contribution >= 0.6 is 0 Å². The van der Waals surface area contributed by atoms with Crippen molar-refractivity contribution in [1.29, 1.82) is 0 Å². The zero-order chi connectivity index (χ0) is 3.28. The molecule has 0 N–H and O–H groups in total. The van der Waals surface area contributed by atoms with Gasteiger partial charge in [-0.25, -0.2) is 14.3 Å². The lowest BCUT2D eigenvalue weighted by Crippen LogP contribution is -2.66. The maximum Gasteiger partial charge on any atom is 0.703 e. The molecule has 0 atom stereocenters. The van der Waals surface area contributed by atoms with E-state index in [2.05, 4.69) is 14.3 Å². The summed E-state index contributed by atoms with van der Waals surface area (Å²) in [6.45, 7) is 0. The Morgan fingerprint density at radius 1 is 1.20 bits per heavy atom. The summed E-state index contributed by atoms with van der Waals surface area (Å²) in [4.78, 5) is 0. The largest absolute Gasteiger partial charge is 0.703 e. The minimum absolute atomic E-state index is 0.366. The van der Waals surface area contributed by atoms with Gasteiger partial charge in [0.1, 0.15) is 0 Å². The van der Waals surface area contributed by atoms with Gasteiger partial charge in [0.25, 0.3) is 0 Å². The highest BCUT2D eigenvalue weighted by atomic mass is 17.4. The van der Waals surface area contributed by atoms with Crippen molar-refractivity contribution in [3.05, 3.63) is 0 Å². The lowest BCUT2D eigenvalue weighted by molar-refractivity contribution is -0.609. The van der Waals surface area contributed by atoms with Gasteiger partial charge in [0.15, 0.2) is 0 Å². The summed E-state index contributed by atoms with van der Waals surface area (Å²) in [7, 11) is -0.366. The Morgan fingerprint density at radius 3 is 1.40 bits per heavy atom. The summed E-state index contributed by atoms with van der Waals surface area (Å²) in [6, 6.07) is 0. The van der Waals surface area contributed by atoms with Gasteiger partial charge < -0.3 is 0 Å². The first-order chi connectivity index (χ1) is 2.45. The molecule has 0 amide bonds. The third-order valence-electron chi connectivity index (χ3n) is 0.516. The Kier molecular flexibility index (Phi) is 0.178. The van der Waals surface area contributed by atoms with Gasteiger partial charge in [0.05, 0.1) is 0 Å². The van der Waals surface area contributed by atoms with Gasteiger partial charge in [-0.15, -0.1) is 0 Å². The van der Waals surface area contributed by atoms with Crippen molar-refractivity contribution in [3.8, 4) is 0 Å². The van der Waals surface area contributed by atoms with Crippen molar-refractivity contribution < 1.29 is 14.3 Å². The average molecular weight is 72.8 g/mol. The van der Waals surface area contributed by atoms with Crippen molar-refractivity contribution in [2.24, 2.45) is 0 Å². The van der Waals surface area contributed by atoms with Crippen LogP contribution in [-0.2, 0) is 14.3 Å². The molecule has 0 saturated carbocycles. The SMILES string of the molecule is O1B2ON1O2. The Morgan fingerprint density at radius 2 is 1.40 bits per heavy atom. The van der Waals surface area contributed by atoms with Crippen LogP contribution in [0, 0.1) is 0 Å². The fourth-order valence-corrected chi connectivity index (χ4v) is 0.235. The second-order valence-corrected chi connectivity index (χ2v) is 0.829. The molecule has 3 rings (SSSR count). The Bertz CT molecular complexity index is 43.6. The Balaban J connectivity index is 2.19. The van der Waals surface area contributed by atoms with Crippen molar-refractivity contribution in [1.82, 2.24) is 5.39 Å². The van der Waals surface area contributed by atoms with E-state index in [9.17, 15) is 0 Å². The molecule has 5 heavy (non-hydrogen) atoms. The molecule has 5 heteroatoms. The van der Waals surface area contributed by atoms with Crippen LogP contribution in [0.4, 0.5) is 0 Å². The average Bonchev–Trinajstić information content (AvgIpc) is 0.592. The molecule has 0 aromatic carbocycles. The maximum absolute atomic E-state index is 4.42. The monoisotopic (exact) mass is 73.0 g/mol. The van der Waals surface area contributed by atoms with Crippen LogP contribution in [0.5, 0.6) is 0 Å². The Hall–Kier alpha value is -0.0951. The molecule has 3 saturated heterocycles. The van der Waals surface area contributed by atoms with E-state index >= 15 is 0 Å². The van der Waals surface area contributed by atoms with Crippen LogP contribution in [0.15, 0.2) is 0 Å². The fraction of sp³-hybridized carbons (Fsp3) is 0. The summed E-state index contributed by atoms with van der Waals surface area (Å²) in [5.74, 6) is 0. The molecule has 3 heterocycles. The van der Waals surface area contributed by atoms with E-state index in [1.165, 1.54) is 0 Å². The van der Waals surface area contributed by atoms with E-state index in [4.69, 9.17) is 0 Å². The van der Waals surface area contributed by atoms with Crippen LogP contribution in [0.1, 0.15) is 0 Å². The molecular formula is BNO3. The predicted octanol–water partition coefficient (Wildman–Crippen LogP) is -0.905. The van der Waals surface area contributed by atoms with Crippen LogP contribution in [-0.4, -0.2) is 12.7 Å². The Labute approximate surface area is 28.3 Å². The molecule has 3 aliphatic heterocycles. The summed E-state index contributed by atoms with van der Waals surface area (Å²) in [5.41, 5.74) is 0. The van der Waals surface area contributed by atoms with Gasteiger partial charge in [-0.1, -0.05) is 0 Å². The maximum atomic E-state index is 4.42. The van der Waals surface area contributed by atoms with Crippen LogP contribution in [0.25, 0.3) is 0 Å². The van der Waals surface area contributed by atoms with Crippen LogP contribution < -0.4 is 0 Å². The fourth-order valence-electron chi connectivity index (χ4n) is 0.235. The summed E-state index contributed by atoms with van der Waals surface area (Å²) < 4.78 is 13.2. The number of nitrogens with zero attached hydrogens (tertiary/aromatic N) is 1. The van der Waals surface area contributed by atoms with Crippen LogP contribution in [0.2, 0.25) is 0 Å². The van der Waals surface area contributed by atoms with Crippen molar-refractivity contribution in [2.45, 2.75) is 0 Å². The van der Waals surface area contributed by atoms with Gasteiger partial charge >= 0.3 is 7.32 Å². The normalized spacial score (nSPS) is 32.4. The van der Waals surface area contributed by atoms with E-state index < -0.39 is 0 Å². The van der Waals surface area contributed by atoms with Gasteiger partial charge in [0, 0.05) is 5.39 Å². The summed E-state index contributed by atoms with van der Waals surface area (Å²) in [5, 5.41) is 0.949. The zero-order valence-electron chi connectivity index (χ0n) is 2.25. The summed E-state index contributed by atoms with van der Waals surface area (Å²) in [6.07, 6.45) is 0. The smallest absolute Gasteiger partial charge is 0.249 e. The molecule has 0 aromatic heterocycles. The summed E-state index contributed by atoms with van der Waals surface area (Å²) >= 11 is 0. The molecule has 3 fully saturated rings. The highest BCUT2D eigenvalue weighted by molar-refractivity contribution is 6.40. The van der Waals surface area contributed by atoms with Crippen molar-refractivity contribution >= 4 is 7.32 Å². The minimum Gasteiger partial charge on any atom is -0.249 e. The quantitative estimate of drug-likeness (QED) is 0.347. The van der Waals surface area contributed by atoms with Crippen molar-refractivity contribution in [2.75, 3.05) is 0 Å². The molecule has 3 aliphatic rings. The lowest BCUT2D eigenvalue weighted by Gasteiger charge is -2.42. The standard InChI is InChI=1S/BNO3/c3-1-4-2(3)5-1. The lowest BCUT2D eigenvalue weighted by atomic mass is 10.2. The molecule has 2 bridgehead atoms. The third kappa shape index (κ3) is 0.1000. The van der Waals surface area contributed by atoms with E-state index in [1.807, 2.05) is 0 Å². The first-order valence-corrected chi connectivity index (χ1v) is 1.25. The highest BCUT2D eigenvalue weighted by Gasteiger charge is 2.56. The molecular weight excluding hydrogens is 72.8 g/mol. The van der Waals surface area contributed by atoms with Gasteiger partial charge in [0.2, 0.25) is 0 Å². The topological polar surface area (TPSA) is 30.9 Å². The van der Waals surface area contributed by atoms with Gasteiger partial charge in [-0.2, -0.15) is 0 Å². The molecule has 4 nitrogen and oxygen atoms in total. The number of hydrogen-bond acceptors (Lipinski definition) is 4. The first kappa shape index (κ1) is 2.15. The molecule has 0 spiro atoms. The number of rotatable bonds is 0. The van der Waals surface area contributed by atoms with E-state index in [1.54, 1.807) is 0 Å².